The predicted octanol–water partition coefficient (Wildman–Crippen LogP) is 5.32. The molecule has 1 saturated heterocycles. The van der Waals surface area contributed by atoms with E-state index in [0.29, 0.717) is 5.92 Å². The van der Waals surface area contributed by atoms with Crippen molar-refractivity contribution in [3.05, 3.63) is 29.8 Å². The van der Waals surface area contributed by atoms with Crippen molar-refractivity contribution >= 4 is 5.69 Å². The SMILES string of the molecule is CCCC1CCC2(CC1)CCN(c1ccc(C(C)C)cc1)C2O. The molecule has 2 fully saturated rings. The molecule has 1 N–H and O–H groups in total. The third-order valence-corrected chi connectivity index (χ3v) is 6.38. The van der Waals surface area contributed by atoms with Crippen molar-refractivity contribution in [2.75, 3.05) is 11.4 Å². The summed E-state index contributed by atoms with van der Waals surface area (Å²) in [6.07, 6.45) is 8.56. The summed E-state index contributed by atoms with van der Waals surface area (Å²) in [6.45, 7) is 7.74. The van der Waals surface area contributed by atoms with Gasteiger partial charge in [0.25, 0.3) is 0 Å². The summed E-state index contributed by atoms with van der Waals surface area (Å²) >= 11 is 0. The van der Waals surface area contributed by atoms with E-state index < -0.39 is 0 Å². The van der Waals surface area contributed by atoms with E-state index in [4.69, 9.17) is 0 Å². The Bertz CT molecular complexity index is 499. The lowest BCUT2D eigenvalue weighted by molar-refractivity contribution is 0.0116. The van der Waals surface area contributed by atoms with Gasteiger partial charge in [0.2, 0.25) is 0 Å². The number of benzene rings is 1. The van der Waals surface area contributed by atoms with Crippen LogP contribution >= 0.6 is 0 Å². The number of anilines is 1. The number of rotatable bonds is 4. The fraction of sp³-hybridized carbons (Fsp3) is 0.714. The highest BCUT2D eigenvalue weighted by molar-refractivity contribution is 5.50. The molecule has 1 spiro atoms. The van der Waals surface area contributed by atoms with Crippen molar-refractivity contribution in [1.29, 1.82) is 0 Å². The number of aliphatic hydroxyl groups is 1. The highest BCUT2D eigenvalue weighted by atomic mass is 16.3. The number of nitrogens with zero attached hydrogens (tertiary/aromatic N) is 1. The molecule has 1 aliphatic carbocycles. The zero-order valence-corrected chi connectivity index (χ0v) is 15.1. The fourth-order valence-corrected chi connectivity index (χ4v) is 4.70. The zero-order valence-electron chi connectivity index (χ0n) is 15.1. The summed E-state index contributed by atoms with van der Waals surface area (Å²) in [5.41, 5.74) is 2.72. The van der Waals surface area contributed by atoms with Gasteiger partial charge >= 0.3 is 0 Å². The van der Waals surface area contributed by atoms with Crippen LogP contribution in [0.5, 0.6) is 0 Å². The van der Waals surface area contributed by atoms with E-state index in [2.05, 4.69) is 49.9 Å². The van der Waals surface area contributed by atoms with Gasteiger partial charge in [-0.3, -0.25) is 0 Å². The van der Waals surface area contributed by atoms with Gasteiger partial charge in [0, 0.05) is 17.6 Å². The van der Waals surface area contributed by atoms with Crippen LogP contribution in [0.25, 0.3) is 0 Å². The van der Waals surface area contributed by atoms with Crippen LogP contribution in [0.4, 0.5) is 5.69 Å². The smallest absolute Gasteiger partial charge is 0.132 e. The zero-order chi connectivity index (χ0) is 16.4. The first-order valence-electron chi connectivity index (χ1n) is 9.60. The van der Waals surface area contributed by atoms with Crippen LogP contribution < -0.4 is 4.90 Å². The van der Waals surface area contributed by atoms with Gasteiger partial charge in [-0.25, -0.2) is 0 Å². The maximum atomic E-state index is 11.0. The fourth-order valence-electron chi connectivity index (χ4n) is 4.70. The van der Waals surface area contributed by atoms with Crippen LogP contribution in [0.15, 0.2) is 24.3 Å². The third kappa shape index (κ3) is 3.28. The summed E-state index contributed by atoms with van der Waals surface area (Å²) in [6, 6.07) is 8.83. The highest BCUT2D eigenvalue weighted by Crippen LogP contribution is 2.50. The summed E-state index contributed by atoms with van der Waals surface area (Å²) in [5.74, 6) is 1.46. The topological polar surface area (TPSA) is 23.5 Å². The summed E-state index contributed by atoms with van der Waals surface area (Å²) in [5, 5.41) is 11.0. The van der Waals surface area contributed by atoms with E-state index in [1.165, 1.54) is 49.8 Å². The lowest BCUT2D eigenvalue weighted by atomic mass is 9.68. The molecule has 1 unspecified atom stereocenters. The Morgan fingerprint density at radius 1 is 1.13 bits per heavy atom. The normalized spacial score (nSPS) is 31.3. The first-order valence-corrected chi connectivity index (χ1v) is 9.60. The van der Waals surface area contributed by atoms with E-state index in [1.54, 1.807) is 0 Å². The second-order valence-electron chi connectivity index (χ2n) is 8.16. The average molecular weight is 316 g/mol. The Hall–Kier alpha value is -1.02. The van der Waals surface area contributed by atoms with Gasteiger partial charge in [-0.15, -0.1) is 0 Å². The molecule has 0 bridgehead atoms. The standard InChI is InChI=1S/C21H33NO/c1-4-5-17-10-12-21(13-11-17)14-15-22(20(21)23)19-8-6-18(7-9-19)16(2)3/h6-9,16-17,20,23H,4-5,10-15H2,1-3H3. The maximum Gasteiger partial charge on any atom is 0.132 e. The molecule has 1 atom stereocenters. The molecular formula is C21H33NO. The molecule has 128 valence electrons. The second kappa shape index (κ2) is 6.84. The van der Waals surface area contributed by atoms with Crippen molar-refractivity contribution in [2.24, 2.45) is 11.3 Å². The third-order valence-electron chi connectivity index (χ3n) is 6.38. The van der Waals surface area contributed by atoms with Gasteiger partial charge in [0.15, 0.2) is 0 Å². The van der Waals surface area contributed by atoms with Crippen LogP contribution in [0.2, 0.25) is 0 Å². The summed E-state index contributed by atoms with van der Waals surface area (Å²) in [7, 11) is 0. The van der Waals surface area contributed by atoms with Crippen molar-refractivity contribution in [3.63, 3.8) is 0 Å². The summed E-state index contributed by atoms with van der Waals surface area (Å²) in [4.78, 5) is 2.24. The van der Waals surface area contributed by atoms with Crippen LogP contribution in [-0.4, -0.2) is 17.9 Å². The molecule has 1 heterocycles. The summed E-state index contributed by atoms with van der Waals surface area (Å²) < 4.78 is 0. The first-order chi connectivity index (χ1) is 11.1. The second-order valence-corrected chi connectivity index (χ2v) is 8.16. The predicted molar refractivity (Wildman–Crippen MR) is 97.8 cm³/mol. The minimum absolute atomic E-state index is 0.154. The van der Waals surface area contributed by atoms with Crippen LogP contribution in [0.3, 0.4) is 0 Å². The van der Waals surface area contributed by atoms with Gasteiger partial charge in [-0.1, -0.05) is 45.7 Å². The van der Waals surface area contributed by atoms with Crippen molar-refractivity contribution in [1.82, 2.24) is 0 Å². The van der Waals surface area contributed by atoms with E-state index in [1.807, 2.05) is 0 Å². The van der Waals surface area contributed by atoms with Gasteiger partial charge in [-0.2, -0.15) is 0 Å². The quantitative estimate of drug-likeness (QED) is 0.813. The molecule has 0 aromatic heterocycles. The molecule has 1 saturated carbocycles. The van der Waals surface area contributed by atoms with E-state index in [9.17, 15) is 5.11 Å². The molecule has 0 radical (unpaired) electrons. The molecule has 23 heavy (non-hydrogen) atoms. The molecule has 1 aromatic carbocycles. The molecule has 1 aliphatic heterocycles. The Morgan fingerprint density at radius 3 is 2.35 bits per heavy atom. The van der Waals surface area contributed by atoms with Gasteiger partial charge in [0.05, 0.1) is 0 Å². The molecule has 0 amide bonds. The lowest BCUT2D eigenvalue weighted by Crippen LogP contribution is -2.41. The molecule has 2 nitrogen and oxygen atoms in total. The largest absolute Gasteiger partial charge is 0.373 e. The Balaban J connectivity index is 1.68. The maximum absolute atomic E-state index is 11.0. The minimum atomic E-state index is -0.296. The number of aliphatic hydroxyl groups excluding tert-OH is 1. The molecular weight excluding hydrogens is 282 g/mol. The average Bonchev–Trinajstić information content (AvgIpc) is 2.87. The highest BCUT2D eigenvalue weighted by Gasteiger charge is 2.48. The van der Waals surface area contributed by atoms with Crippen LogP contribution in [-0.2, 0) is 0 Å². The van der Waals surface area contributed by atoms with Crippen molar-refractivity contribution in [2.45, 2.75) is 77.9 Å². The molecule has 1 aromatic rings. The monoisotopic (exact) mass is 315 g/mol. The Kier molecular flexibility index (Phi) is 5.01. The van der Waals surface area contributed by atoms with E-state index in [0.717, 1.165) is 18.9 Å². The minimum Gasteiger partial charge on any atom is -0.373 e. The van der Waals surface area contributed by atoms with Gasteiger partial charge in [0.1, 0.15) is 6.23 Å². The number of hydrogen-bond acceptors (Lipinski definition) is 2. The molecule has 2 heteroatoms. The van der Waals surface area contributed by atoms with E-state index >= 15 is 0 Å². The van der Waals surface area contributed by atoms with Crippen LogP contribution in [0.1, 0.15) is 77.2 Å². The molecule has 3 rings (SSSR count). The molecule has 2 aliphatic rings. The van der Waals surface area contributed by atoms with Crippen LogP contribution in [0, 0.1) is 11.3 Å². The van der Waals surface area contributed by atoms with Gasteiger partial charge < -0.3 is 10.0 Å². The lowest BCUT2D eigenvalue weighted by Gasteiger charge is -2.41. The Morgan fingerprint density at radius 2 is 1.78 bits per heavy atom. The Labute approximate surface area is 141 Å². The van der Waals surface area contributed by atoms with E-state index in [-0.39, 0.29) is 11.6 Å². The van der Waals surface area contributed by atoms with Gasteiger partial charge in [-0.05, 0) is 61.6 Å². The van der Waals surface area contributed by atoms with Crippen molar-refractivity contribution < 1.29 is 5.11 Å². The first kappa shape index (κ1) is 16.8. The van der Waals surface area contributed by atoms with Crippen molar-refractivity contribution in [3.8, 4) is 0 Å². The number of hydrogen-bond donors (Lipinski definition) is 1.